The molecule has 6 aromatic heterocycles. The van der Waals surface area contributed by atoms with Crippen LogP contribution in [-0.4, -0.2) is 129 Å². The molecule has 4 aliphatic carbocycles. The van der Waals surface area contributed by atoms with Gasteiger partial charge in [0.05, 0.1) is 51.0 Å². The van der Waals surface area contributed by atoms with E-state index in [1.165, 1.54) is 12.4 Å². The molecule has 2 saturated heterocycles. The summed E-state index contributed by atoms with van der Waals surface area (Å²) < 4.78 is 28.5. The van der Waals surface area contributed by atoms with Crippen molar-refractivity contribution in [3.05, 3.63) is 93.0 Å². The van der Waals surface area contributed by atoms with Gasteiger partial charge in [0.1, 0.15) is 45.8 Å². The average Bonchev–Trinajstić information content (AvgIpc) is 3.97. The summed E-state index contributed by atoms with van der Waals surface area (Å²) in [5.41, 5.74) is 2.23. The van der Waals surface area contributed by atoms with Crippen LogP contribution in [0.2, 0.25) is 0 Å². The molecule has 22 nitrogen and oxygen atoms in total. The SMILES string of the molecule is CNc1cc(Nc2cccn(C3[C@H]4COC[C@@H]34)c2=O)nc2c(C(=O)N[C@@H]3CC[C@@H](OC)C3)cnn12.CNc1cc(Nc2cccn(C3[C@H]4COC[C@@H]34)c2=O)nc2c(C(=O)N[C@H]3CC[C@H](OC)C3)cnn12. The number of amides is 2. The van der Waals surface area contributed by atoms with Gasteiger partial charge < -0.3 is 60.0 Å². The molecule has 70 heavy (non-hydrogen) atoms. The lowest BCUT2D eigenvalue weighted by molar-refractivity contribution is 0.0906. The molecule has 8 heterocycles. The van der Waals surface area contributed by atoms with Crippen LogP contribution in [0, 0.1) is 23.7 Å². The third-order valence-electron chi connectivity index (χ3n) is 15.0. The summed E-state index contributed by atoms with van der Waals surface area (Å²) in [7, 11) is 6.94. The number of aromatic nitrogens is 8. The molecule has 4 saturated carbocycles. The normalized spacial score (nSPS) is 27.1. The van der Waals surface area contributed by atoms with Gasteiger partial charge in [-0.1, -0.05) is 0 Å². The molecule has 2 aliphatic heterocycles. The van der Waals surface area contributed by atoms with Crippen LogP contribution in [0.1, 0.15) is 71.3 Å². The Morgan fingerprint density at radius 2 is 1.04 bits per heavy atom. The van der Waals surface area contributed by atoms with Crippen molar-refractivity contribution < 1.29 is 28.5 Å². The van der Waals surface area contributed by atoms with Crippen LogP contribution in [0.15, 0.2) is 70.8 Å². The van der Waals surface area contributed by atoms with Gasteiger partial charge in [0, 0.05) is 101 Å². The summed E-state index contributed by atoms with van der Waals surface area (Å²) in [6, 6.07) is 11.2. The lowest BCUT2D eigenvalue weighted by Gasteiger charge is -2.14. The van der Waals surface area contributed by atoms with Crippen molar-refractivity contribution in [3.63, 3.8) is 0 Å². The molecule has 0 spiro atoms. The highest BCUT2D eigenvalue weighted by Gasteiger charge is 2.56. The van der Waals surface area contributed by atoms with Crippen LogP contribution in [0.5, 0.6) is 0 Å². The van der Waals surface area contributed by atoms with Crippen LogP contribution in [0.3, 0.4) is 0 Å². The highest BCUT2D eigenvalue weighted by molar-refractivity contribution is 6.01. The van der Waals surface area contributed by atoms with Gasteiger partial charge in [0.2, 0.25) is 0 Å². The smallest absolute Gasteiger partial charge is 0.274 e. The van der Waals surface area contributed by atoms with E-state index in [4.69, 9.17) is 18.9 Å². The Balaban J connectivity index is 0.000000152. The second-order valence-corrected chi connectivity index (χ2v) is 19.1. The zero-order valence-corrected chi connectivity index (χ0v) is 39.5. The van der Waals surface area contributed by atoms with E-state index < -0.39 is 0 Å². The predicted octanol–water partition coefficient (Wildman–Crippen LogP) is 3.58. The summed E-state index contributed by atoms with van der Waals surface area (Å²) in [6.07, 6.45) is 12.2. The summed E-state index contributed by atoms with van der Waals surface area (Å²) in [5.74, 6) is 3.40. The van der Waals surface area contributed by atoms with Gasteiger partial charge in [-0.05, 0) is 62.8 Å². The van der Waals surface area contributed by atoms with Gasteiger partial charge >= 0.3 is 0 Å². The molecule has 368 valence electrons. The summed E-state index contributed by atoms with van der Waals surface area (Å²) in [5, 5.41) is 27.4. The minimum atomic E-state index is -0.224. The number of pyridine rings is 2. The van der Waals surface area contributed by atoms with Crippen molar-refractivity contribution in [3.8, 4) is 0 Å². The summed E-state index contributed by atoms with van der Waals surface area (Å²) in [4.78, 5) is 61.8. The van der Waals surface area contributed by atoms with Crippen molar-refractivity contribution in [2.75, 3.05) is 76.0 Å². The van der Waals surface area contributed by atoms with Gasteiger partial charge in [-0.3, -0.25) is 19.2 Å². The first kappa shape index (κ1) is 45.6. The largest absolute Gasteiger partial charge is 0.381 e. The standard InChI is InChI=1S/2C24H29N7O4/c2*1-25-20-9-19(28-18-4-3-7-30(24(18)33)21-16-11-35-12-17(16)21)29-22-15(10-26-31(20)22)23(32)27-13-5-6-14(8-13)34-2/h2*3-4,7,9-10,13-14,16-17,21,25H,5-6,8,11-12H2,1-2H3,(H,27,32)(H,28,29)/t2*13-,14-,16-,17+,21?/m10/s1. The Bertz CT molecular complexity index is 2850. The molecule has 2 amide bonds. The number of methoxy groups -OCH3 is 2. The Labute approximate surface area is 401 Å². The third kappa shape index (κ3) is 8.51. The molecule has 2 unspecified atom stereocenters. The molecule has 6 N–H and O–H groups in total. The number of nitrogens with one attached hydrogen (secondary N) is 6. The molecule has 6 aromatic rings. The van der Waals surface area contributed by atoms with E-state index in [9.17, 15) is 19.2 Å². The van der Waals surface area contributed by atoms with E-state index in [1.54, 1.807) is 70.7 Å². The quantitative estimate of drug-likeness (QED) is 0.0914. The molecule has 12 rings (SSSR count). The van der Waals surface area contributed by atoms with E-state index in [1.807, 2.05) is 24.5 Å². The van der Waals surface area contributed by atoms with Crippen molar-refractivity contribution in [1.82, 2.24) is 49.0 Å². The number of rotatable bonds is 14. The molecule has 6 fully saturated rings. The topological polar surface area (TPSA) is 248 Å². The van der Waals surface area contributed by atoms with E-state index in [-0.39, 0.29) is 59.3 Å². The average molecular weight is 959 g/mol. The van der Waals surface area contributed by atoms with Crippen molar-refractivity contribution in [2.24, 2.45) is 23.7 Å². The zero-order valence-electron chi connectivity index (χ0n) is 39.5. The number of anilines is 6. The Morgan fingerprint density at radius 1 is 0.629 bits per heavy atom. The fourth-order valence-corrected chi connectivity index (χ4v) is 11.0. The van der Waals surface area contributed by atoms with Crippen LogP contribution >= 0.6 is 0 Å². The molecule has 0 aromatic carbocycles. The van der Waals surface area contributed by atoms with Gasteiger partial charge in [-0.25, -0.2) is 9.97 Å². The number of fused-ring (bicyclic) bond motifs is 4. The van der Waals surface area contributed by atoms with Crippen LogP contribution in [-0.2, 0) is 18.9 Å². The minimum absolute atomic E-state index is 0.0579. The zero-order chi connectivity index (χ0) is 48.2. The number of hydrogen-bond donors (Lipinski definition) is 6. The molecule has 0 radical (unpaired) electrons. The Morgan fingerprint density at radius 3 is 1.41 bits per heavy atom. The first-order valence-corrected chi connectivity index (χ1v) is 24.1. The first-order valence-electron chi connectivity index (χ1n) is 24.1. The number of hydrogen-bond acceptors (Lipinski definition) is 16. The predicted molar refractivity (Wildman–Crippen MR) is 259 cm³/mol. The summed E-state index contributed by atoms with van der Waals surface area (Å²) in [6.45, 7) is 2.84. The fourth-order valence-electron chi connectivity index (χ4n) is 11.0. The first-order chi connectivity index (χ1) is 34.1. The number of carbonyl (C=O) groups is 2. The van der Waals surface area contributed by atoms with Gasteiger partial charge in [-0.2, -0.15) is 19.2 Å². The highest BCUT2D eigenvalue weighted by atomic mass is 16.5. The molecular weight excluding hydrogens is 901 g/mol. The molecule has 0 bridgehead atoms. The fraction of sp³-hybridized carbons (Fsp3) is 0.500. The molecule has 6 aliphatic rings. The Kier molecular flexibility index (Phi) is 12.2. The second kappa shape index (κ2) is 18.8. The van der Waals surface area contributed by atoms with Crippen LogP contribution in [0.25, 0.3) is 11.3 Å². The van der Waals surface area contributed by atoms with Crippen LogP contribution < -0.4 is 43.0 Å². The Hall–Kier alpha value is -6.88. The maximum absolute atomic E-state index is 13.2. The second-order valence-electron chi connectivity index (χ2n) is 19.1. The lowest BCUT2D eigenvalue weighted by atomic mass is 10.2. The van der Waals surface area contributed by atoms with E-state index in [2.05, 4.69) is 52.1 Å². The van der Waals surface area contributed by atoms with Gasteiger partial charge in [-0.15, -0.1) is 0 Å². The number of ether oxygens (including phenoxy) is 4. The number of carbonyl (C=O) groups excluding carboxylic acids is 2. The monoisotopic (exact) mass is 958 g/mol. The minimum Gasteiger partial charge on any atom is -0.381 e. The van der Waals surface area contributed by atoms with E-state index in [0.29, 0.717) is 107 Å². The van der Waals surface area contributed by atoms with E-state index in [0.717, 1.165) is 38.5 Å². The maximum Gasteiger partial charge on any atom is 0.274 e. The van der Waals surface area contributed by atoms with Gasteiger partial charge in [0.15, 0.2) is 11.3 Å². The molecule has 10 atom stereocenters. The van der Waals surface area contributed by atoms with Crippen molar-refractivity contribution in [2.45, 2.75) is 74.9 Å². The van der Waals surface area contributed by atoms with Crippen molar-refractivity contribution >= 4 is 57.8 Å². The third-order valence-corrected chi connectivity index (χ3v) is 15.0. The number of nitrogens with zero attached hydrogens (tertiary/aromatic N) is 8. The van der Waals surface area contributed by atoms with E-state index >= 15 is 0 Å². The molecule has 22 heteroatoms. The lowest BCUT2D eigenvalue weighted by Crippen LogP contribution is -2.33. The molecular formula is C48H58N14O8. The highest BCUT2D eigenvalue weighted by Crippen LogP contribution is 2.54. The van der Waals surface area contributed by atoms with Crippen LogP contribution in [0.4, 0.5) is 34.6 Å². The maximum atomic E-state index is 13.2. The van der Waals surface area contributed by atoms with Gasteiger partial charge in [0.25, 0.3) is 22.9 Å². The summed E-state index contributed by atoms with van der Waals surface area (Å²) >= 11 is 0. The van der Waals surface area contributed by atoms with Crippen molar-refractivity contribution in [1.29, 1.82) is 0 Å².